The maximum atomic E-state index is 12.4. The molecule has 0 unspecified atom stereocenters. The third kappa shape index (κ3) is 3.94. The number of benzene rings is 1. The average molecular weight is 374 g/mol. The zero-order chi connectivity index (χ0) is 19.8. The highest BCUT2D eigenvalue weighted by Crippen LogP contribution is 2.36. The smallest absolute Gasteiger partial charge is 0.408 e. The van der Waals surface area contributed by atoms with Gasteiger partial charge in [-0.2, -0.15) is 0 Å². The van der Waals surface area contributed by atoms with Crippen molar-refractivity contribution in [3.05, 3.63) is 35.4 Å². The summed E-state index contributed by atoms with van der Waals surface area (Å²) in [4.78, 5) is 54.0. The summed E-state index contributed by atoms with van der Waals surface area (Å²) in [6.45, 7) is 5.24. The first-order valence-corrected chi connectivity index (χ1v) is 8.80. The molecule has 2 aliphatic rings. The Morgan fingerprint density at radius 1 is 1.11 bits per heavy atom. The van der Waals surface area contributed by atoms with Gasteiger partial charge >= 0.3 is 12.1 Å². The first-order chi connectivity index (χ1) is 12.6. The number of ether oxygens (including phenoxy) is 1. The summed E-state index contributed by atoms with van der Waals surface area (Å²) >= 11 is 0. The molecule has 27 heavy (non-hydrogen) atoms. The fourth-order valence-corrected chi connectivity index (χ4v) is 3.13. The van der Waals surface area contributed by atoms with Crippen LogP contribution in [0.3, 0.4) is 0 Å². The third-order valence-electron chi connectivity index (χ3n) is 4.51. The second-order valence-corrected chi connectivity index (χ2v) is 7.85. The van der Waals surface area contributed by atoms with Gasteiger partial charge in [0.05, 0.1) is 23.1 Å². The number of nitrogens with zero attached hydrogens (tertiary/aromatic N) is 1. The second-order valence-electron chi connectivity index (χ2n) is 7.85. The van der Waals surface area contributed by atoms with Crippen molar-refractivity contribution in [3.63, 3.8) is 0 Å². The van der Waals surface area contributed by atoms with E-state index in [-0.39, 0.29) is 17.5 Å². The number of nitrogens with one attached hydrogen (secondary N) is 1. The summed E-state index contributed by atoms with van der Waals surface area (Å²) in [5.74, 6) is -2.11. The van der Waals surface area contributed by atoms with E-state index in [9.17, 15) is 19.2 Å². The molecule has 3 amide bonds. The van der Waals surface area contributed by atoms with Crippen molar-refractivity contribution < 1.29 is 28.8 Å². The quantitative estimate of drug-likeness (QED) is 0.813. The number of hydrogen-bond donors (Lipinski definition) is 1. The summed E-state index contributed by atoms with van der Waals surface area (Å²) in [6, 6.07) is 6.26. The molecule has 1 fully saturated rings. The van der Waals surface area contributed by atoms with Crippen LogP contribution in [0.4, 0.5) is 4.79 Å². The Morgan fingerprint density at radius 3 is 2.11 bits per heavy atom. The summed E-state index contributed by atoms with van der Waals surface area (Å²) < 4.78 is 5.24. The zero-order valence-electron chi connectivity index (χ0n) is 15.5. The van der Waals surface area contributed by atoms with Crippen LogP contribution in [0, 0.1) is 0 Å². The van der Waals surface area contributed by atoms with E-state index < -0.39 is 35.0 Å². The Morgan fingerprint density at radius 2 is 1.67 bits per heavy atom. The number of hydroxylamine groups is 2. The molecule has 0 spiro atoms. The van der Waals surface area contributed by atoms with Crippen molar-refractivity contribution in [2.75, 3.05) is 0 Å². The third-order valence-corrected chi connectivity index (χ3v) is 4.51. The van der Waals surface area contributed by atoms with E-state index in [1.807, 2.05) is 0 Å². The predicted octanol–water partition coefficient (Wildman–Crippen LogP) is 2.58. The number of carbonyl (C=O) groups is 4. The minimum Gasteiger partial charge on any atom is -0.444 e. The first kappa shape index (κ1) is 18.9. The van der Waals surface area contributed by atoms with Gasteiger partial charge in [-0.25, -0.2) is 9.59 Å². The number of imide groups is 1. The number of hydrogen-bond acceptors (Lipinski definition) is 6. The minimum absolute atomic E-state index is 0.153. The highest BCUT2D eigenvalue weighted by Gasteiger charge is 2.44. The second kappa shape index (κ2) is 6.68. The lowest BCUT2D eigenvalue weighted by atomic mass is 9.74. The molecule has 144 valence electrons. The standard InChI is InChI=1S/C19H22N2O6/c1-18(2,3)26-17(25)20-19(9-6-10-19)11-14(22)27-21-15(23)12-7-4-5-8-13(12)16(21)24/h4-5,7-8H,6,9-11H2,1-3H3,(H,20,25). The number of fused-ring (bicyclic) bond motifs is 1. The SMILES string of the molecule is CC(C)(C)OC(=O)NC1(CC(=O)ON2C(=O)c3ccccc3C2=O)CCC1. The Hall–Kier alpha value is -2.90. The van der Waals surface area contributed by atoms with E-state index in [0.29, 0.717) is 17.9 Å². The molecule has 1 N–H and O–H groups in total. The molecule has 1 aromatic carbocycles. The van der Waals surface area contributed by atoms with Gasteiger partial charge in [-0.05, 0) is 52.2 Å². The molecule has 8 heteroatoms. The van der Waals surface area contributed by atoms with Gasteiger partial charge in [0.15, 0.2) is 0 Å². The molecule has 1 heterocycles. The molecule has 0 atom stereocenters. The lowest BCUT2D eigenvalue weighted by Crippen LogP contribution is -2.56. The molecule has 1 aliphatic carbocycles. The fourth-order valence-electron chi connectivity index (χ4n) is 3.13. The van der Waals surface area contributed by atoms with E-state index in [1.165, 1.54) is 12.1 Å². The lowest BCUT2D eigenvalue weighted by molar-refractivity contribution is -0.171. The minimum atomic E-state index is -0.780. The van der Waals surface area contributed by atoms with Gasteiger partial charge in [0.25, 0.3) is 11.8 Å². The number of amides is 3. The van der Waals surface area contributed by atoms with E-state index in [0.717, 1.165) is 6.42 Å². The van der Waals surface area contributed by atoms with Crippen LogP contribution in [0.1, 0.15) is 67.2 Å². The van der Waals surface area contributed by atoms with E-state index >= 15 is 0 Å². The van der Waals surface area contributed by atoms with Crippen LogP contribution in [-0.4, -0.2) is 40.1 Å². The number of rotatable bonds is 4. The van der Waals surface area contributed by atoms with Crippen LogP contribution in [0.2, 0.25) is 0 Å². The van der Waals surface area contributed by atoms with Crippen LogP contribution < -0.4 is 5.32 Å². The summed E-state index contributed by atoms with van der Waals surface area (Å²) in [7, 11) is 0. The summed E-state index contributed by atoms with van der Waals surface area (Å²) in [5.41, 5.74) is -1.05. The molecule has 0 bridgehead atoms. The molecule has 0 radical (unpaired) electrons. The van der Waals surface area contributed by atoms with Crippen molar-refractivity contribution in [3.8, 4) is 0 Å². The largest absolute Gasteiger partial charge is 0.444 e. The molecule has 0 aromatic heterocycles. The molecule has 3 rings (SSSR count). The van der Waals surface area contributed by atoms with Gasteiger partial charge in [-0.3, -0.25) is 9.59 Å². The highest BCUT2D eigenvalue weighted by atomic mass is 16.7. The van der Waals surface area contributed by atoms with Crippen LogP contribution >= 0.6 is 0 Å². The van der Waals surface area contributed by atoms with Gasteiger partial charge in [0.2, 0.25) is 0 Å². The van der Waals surface area contributed by atoms with Crippen LogP contribution in [0.5, 0.6) is 0 Å². The molecule has 1 saturated carbocycles. The normalized spacial score (nSPS) is 17.8. The monoisotopic (exact) mass is 374 g/mol. The maximum absolute atomic E-state index is 12.4. The first-order valence-electron chi connectivity index (χ1n) is 8.80. The van der Waals surface area contributed by atoms with Gasteiger partial charge in [-0.15, -0.1) is 0 Å². The van der Waals surface area contributed by atoms with Gasteiger partial charge in [0.1, 0.15) is 5.60 Å². The maximum Gasteiger partial charge on any atom is 0.408 e. The molecular weight excluding hydrogens is 352 g/mol. The van der Waals surface area contributed by atoms with Gasteiger partial charge < -0.3 is 14.9 Å². The Labute approximate surface area is 156 Å². The predicted molar refractivity (Wildman–Crippen MR) is 93.6 cm³/mol. The van der Waals surface area contributed by atoms with Crippen molar-refractivity contribution in [2.24, 2.45) is 0 Å². The fraction of sp³-hybridized carbons (Fsp3) is 0.474. The van der Waals surface area contributed by atoms with Gasteiger partial charge in [0, 0.05) is 0 Å². The van der Waals surface area contributed by atoms with Crippen molar-refractivity contribution in [1.29, 1.82) is 0 Å². The van der Waals surface area contributed by atoms with Crippen LogP contribution in [0.25, 0.3) is 0 Å². The summed E-state index contributed by atoms with van der Waals surface area (Å²) in [5, 5.41) is 3.21. The van der Waals surface area contributed by atoms with E-state index in [4.69, 9.17) is 9.57 Å². The average Bonchev–Trinajstić information content (AvgIpc) is 2.76. The number of alkyl carbamates (subject to hydrolysis) is 1. The Balaban J connectivity index is 1.63. The highest BCUT2D eigenvalue weighted by molar-refractivity contribution is 6.20. The Bertz CT molecular complexity index is 772. The molecular formula is C19H22N2O6. The van der Waals surface area contributed by atoms with E-state index in [1.54, 1.807) is 32.9 Å². The van der Waals surface area contributed by atoms with Crippen LogP contribution in [-0.2, 0) is 14.4 Å². The number of carbonyl (C=O) groups excluding carboxylic acids is 4. The van der Waals surface area contributed by atoms with Crippen molar-refractivity contribution >= 4 is 23.9 Å². The van der Waals surface area contributed by atoms with Gasteiger partial charge in [-0.1, -0.05) is 17.2 Å². The Kier molecular flexibility index (Phi) is 4.67. The lowest BCUT2D eigenvalue weighted by Gasteiger charge is -2.41. The molecule has 0 saturated heterocycles. The molecule has 8 nitrogen and oxygen atoms in total. The summed E-state index contributed by atoms with van der Waals surface area (Å²) in [6.07, 6.45) is 1.25. The topological polar surface area (TPSA) is 102 Å². The van der Waals surface area contributed by atoms with Crippen molar-refractivity contribution in [1.82, 2.24) is 10.4 Å². The van der Waals surface area contributed by atoms with E-state index in [2.05, 4.69) is 5.32 Å². The molecule has 1 aliphatic heterocycles. The van der Waals surface area contributed by atoms with Crippen LogP contribution in [0.15, 0.2) is 24.3 Å². The molecule has 1 aromatic rings. The van der Waals surface area contributed by atoms with Crippen molar-refractivity contribution in [2.45, 2.75) is 57.6 Å². The zero-order valence-corrected chi connectivity index (χ0v) is 15.5.